The van der Waals surface area contributed by atoms with Crippen LogP contribution in [0.25, 0.3) is 0 Å². The number of hydrogen-bond donors (Lipinski definition) is 1. The second-order valence-corrected chi connectivity index (χ2v) is 3.36. The highest BCUT2D eigenvalue weighted by molar-refractivity contribution is 6.25. The number of aromatic nitrogens is 1. The SMILES string of the molecule is Cc1ccc(OCC=CCl)c(CCN)n1. The molecule has 4 heteroatoms. The minimum atomic E-state index is 0.450. The second-order valence-electron chi connectivity index (χ2n) is 3.11. The van der Waals surface area contributed by atoms with Crippen molar-refractivity contribution in [3.8, 4) is 5.75 Å². The molecule has 0 amide bonds. The van der Waals surface area contributed by atoms with E-state index in [-0.39, 0.29) is 0 Å². The first-order chi connectivity index (χ1) is 7.27. The third kappa shape index (κ3) is 3.90. The molecule has 0 aliphatic rings. The maximum absolute atomic E-state index is 5.50. The van der Waals surface area contributed by atoms with Gasteiger partial charge in [-0.2, -0.15) is 0 Å². The first-order valence-corrected chi connectivity index (χ1v) is 5.26. The van der Waals surface area contributed by atoms with Crippen molar-refractivity contribution < 1.29 is 4.74 Å². The maximum atomic E-state index is 5.50. The summed E-state index contributed by atoms with van der Waals surface area (Å²) < 4.78 is 5.50. The lowest BCUT2D eigenvalue weighted by Gasteiger charge is -2.09. The third-order valence-corrected chi connectivity index (χ3v) is 2.06. The molecule has 2 N–H and O–H groups in total. The molecular formula is C11H15ClN2O. The normalized spacial score (nSPS) is 10.9. The summed E-state index contributed by atoms with van der Waals surface area (Å²) in [6, 6.07) is 3.83. The molecule has 0 fully saturated rings. The number of pyridine rings is 1. The molecule has 0 aliphatic carbocycles. The van der Waals surface area contributed by atoms with Gasteiger partial charge in [-0.25, -0.2) is 0 Å². The highest BCUT2D eigenvalue weighted by Crippen LogP contribution is 2.17. The zero-order chi connectivity index (χ0) is 11.1. The Hall–Kier alpha value is -1.06. The molecule has 0 atom stereocenters. The summed E-state index contributed by atoms with van der Waals surface area (Å²) in [6.07, 6.45) is 2.45. The number of halogens is 1. The van der Waals surface area contributed by atoms with Crippen molar-refractivity contribution in [3.05, 3.63) is 35.1 Å². The van der Waals surface area contributed by atoms with Crippen molar-refractivity contribution in [1.29, 1.82) is 0 Å². The summed E-state index contributed by atoms with van der Waals surface area (Å²) in [4.78, 5) is 4.38. The van der Waals surface area contributed by atoms with Gasteiger partial charge >= 0.3 is 0 Å². The Morgan fingerprint density at radius 3 is 3.00 bits per heavy atom. The average Bonchev–Trinajstić information content (AvgIpc) is 2.22. The van der Waals surface area contributed by atoms with Gasteiger partial charge < -0.3 is 10.5 Å². The van der Waals surface area contributed by atoms with E-state index in [0.29, 0.717) is 13.2 Å². The number of rotatable bonds is 5. The minimum Gasteiger partial charge on any atom is -0.488 e. The van der Waals surface area contributed by atoms with Gasteiger partial charge in [-0.1, -0.05) is 11.6 Å². The smallest absolute Gasteiger partial charge is 0.141 e. The molecule has 0 spiro atoms. The minimum absolute atomic E-state index is 0.450. The summed E-state index contributed by atoms with van der Waals surface area (Å²) in [5.41, 5.74) is 8.81. The molecule has 82 valence electrons. The molecule has 15 heavy (non-hydrogen) atoms. The van der Waals surface area contributed by atoms with Crippen LogP contribution in [0.2, 0.25) is 0 Å². The Balaban J connectivity index is 2.75. The van der Waals surface area contributed by atoms with E-state index in [1.807, 2.05) is 19.1 Å². The van der Waals surface area contributed by atoms with E-state index in [9.17, 15) is 0 Å². The standard InChI is InChI=1S/C11H15ClN2O/c1-9-3-4-11(15-8-2-6-12)10(14-9)5-7-13/h2-4,6H,5,7-8,13H2,1H3. The van der Waals surface area contributed by atoms with Gasteiger partial charge in [0.15, 0.2) is 0 Å². The van der Waals surface area contributed by atoms with Crippen LogP contribution in [0.5, 0.6) is 5.75 Å². The van der Waals surface area contributed by atoms with Gasteiger partial charge in [0.25, 0.3) is 0 Å². The molecular weight excluding hydrogens is 212 g/mol. The van der Waals surface area contributed by atoms with E-state index in [1.54, 1.807) is 6.08 Å². The fraction of sp³-hybridized carbons (Fsp3) is 0.364. The van der Waals surface area contributed by atoms with Gasteiger partial charge in [0.2, 0.25) is 0 Å². The average molecular weight is 227 g/mol. The second kappa shape index (κ2) is 6.43. The highest BCUT2D eigenvalue weighted by atomic mass is 35.5. The molecule has 0 saturated heterocycles. The third-order valence-electron chi connectivity index (χ3n) is 1.88. The van der Waals surface area contributed by atoms with Crippen LogP contribution in [0.3, 0.4) is 0 Å². The van der Waals surface area contributed by atoms with E-state index < -0.39 is 0 Å². The van der Waals surface area contributed by atoms with Crippen molar-refractivity contribution in [2.45, 2.75) is 13.3 Å². The van der Waals surface area contributed by atoms with Gasteiger partial charge in [0.1, 0.15) is 12.4 Å². The number of nitrogens with zero attached hydrogens (tertiary/aromatic N) is 1. The van der Waals surface area contributed by atoms with Gasteiger partial charge in [0, 0.05) is 17.6 Å². The zero-order valence-corrected chi connectivity index (χ0v) is 9.50. The van der Waals surface area contributed by atoms with Crippen molar-refractivity contribution in [2.75, 3.05) is 13.2 Å². The number of ether oxygens (including phenoxy) is 1. The lowest BCUT2D eigenvalue weighted by molar-refractivity contribution is 0.356. The quantitative estimate of drug-likeness (QED) is 0.836. The summed E-state index contributed by atoms with van der Waals surface area (Å²) >= 11 is 5.40. The van der Waals surface area contributed by atoms with Crippen molar-refractivity contribution in [3.63, 3.8) is 0 Å². The summed E-state index contributed by atoms with van der Waals surface area (Å²) in [5.74, 6) is 0.779. The van der Waals surface area contributed by atoms with Crippen LogP contribution in [0.1, 0.15) is 11.4 Å². The number of nitrogens with two attached hydrogens (primary N) is 1. The van der Waals surface area contributed by atoms with Crippen LogP contribution >= 0.6 is 11.6 Å². The Bertz CT molecular complexity index is 339. The molecule has 0 aromatic carbocycles. The monoisotopic (exact) mass is 226 g/mol. The fourth-order valence-corrected chi connectivity index (χ4v) is 1.29. The predicted molar refractivity (Wildman–Crippen MR) is 62.2 cm³/mol. The Kier molecular flexibility index (Phi) is 5.15. The molecule has 0 radical (unpaired) electrons. The van der Waals surface area contributed by atoms with Crippen molar-refractivity contribution in [1.82, 2.24) is 4.98 Å². The molecule has 0 aliphatic heterocycles. The largest absolute Gasteiger partial charge is 0.488 e. The molecule has 1 aromatic rings. The first kappa shape index (κ1) is 12.0. The van der Waals surface area contributed by atoms with Crippen LogP contribution in [0.15, 0.2) is 23.7 Å². The van der Waals surface area contributed by atoms with E-state index in [0.717, 1.165) is 23.6 Å². The van der Waals surface area contributed by atoms with E-state index >= 15 is 0 Å². The van der Waals surface area contributed by atoms with Crippen LogP contribution in [0.4, 0.5) is 0 Å². The van der Waals surface area contributed by atoms with Gasteiger partial charge in [-0.15, -0.1) is 0 Å². The first-order valence-electron chi connectivity index (χ1n) is 4.82. The molecule has 0 unspecified atom stereocenters. The Morgan fingerprint density at radius 2 is 2.33 bits per heavy atom. The van der Waals surface area contributed by atoms with Crippen LogP contribution in [0, 0.1) is 6.92 Å². The molecule has 3 nitrogen and oxygen atoms in total. The Morgan fingerprint density at radius 1 is 1.53 bits per heavy atom. The molecule has 1 heterocycles. The summed E-state index contributed by atoms with van der Waals surface area (Å²) in [7, 11) is 0. The fourth-order valence-electron chi connectivity index (χ4n) is 1.22. The zero-order valence-electron chi connectivity index (χ0n) is 8.74. The number of aryl methyl sites for hydroxylation is 1. The van der Waals surface area contributed by atoms with Crippen molar-refractivity contribution in [2.24, 2.45) is 5.73 Å². The molecule has 0 saturated carbocycles. The van der Waals surface area contributed by atoms with Crippen LogP contribution < -0.4 is 10.5 Å². The lowest BCUT2D eigenvalue weighted by Crippen LogP contribution is -2.08. The van der Waals surface area contributed by atoms with Crippen LogP contribution in [-0.4, -0.2) is 18.1 Å². The van der Waals surface area contributed by atoms with E-state index in [2.05, 4.69) is 4.98 Å². The summed E-state index contributed by atoms with van der Waals surface area (Å²) in [5, 5.41) is 0. The number of hydrogen-bond acceptors (Lipinski definition) is 3. The highest BCUT2D eigenvalue weighted by Gasteiger charge is 2.04. The van der Waals surface area contributed by atoms with E-state index in [1.165, 1.54) is 5.54 Å². The molecule has 0 bridgehead atoms. The van der Waals surface area contributed by atoms with Crippen LogP contribution in [-0.2, 0) is 6.42 Å². The maximum Gasteiger partial charge on any atom is 0.141 e. The topological polar surface area (TPSA) is 48.1 Å². The van der Waals surface area contributed by atoms with Gasteiger partial charge in [-0.3, -0.25) is 4.98 Å². The Labute approximate surface area is 94.9 Å². The lowest BCUT2D eigenvalue weighted by atomic mass is 10.2. The molecule has 1 rings (SSSR count). The van der Waals surface area contributed by atoms with Crippen molar-refractivity contribution >= 4 is 11.6 Å². The van der Waals surface area contributed by atoms with Gasteiger partial charge in [-0.05, 0) is 31.7 Å². The predicted octanol–water partition coefficient (Wildman–Crippen LogP) is 2.02. The molecule has 1 aromatic heterocycles. The van der Waals surface area contributed by atoms with E-state index in [4.69, 9.17) is 22.1 Å². The summed E-state index contributed by atoms with van der Waals surface area (Å²) in [6.45, 7) is 2.96. The van der Waals surface area contributed by atoms with Gasteiger partial charge in [0.05, 0.1) is 5.69 Å².